The molecule has 118 heavy (non-hydrogen) atoms. The summed E-state index contributed by atoms with van der Waals surface area (Å²) < 4.78 is 302. The molecule has 0 unspecified atom stereocenters. The average molecular weight is 1690 g/mol. The van der Waals surface area contributed by atoms with Crippen molar-refractivity contribution in [2.45, 2.75) is 263 Å². The highest BCUT2D eigenvalue weighted by molar-refractivity contribution is 5.91. The standard InChI is InChI=1S/C85H99F15O18/c1-8-9-10-11-12-13-14-15-16-35-48-66(116-73(104)78(109-5,83(92,93)94)60-40-27-19-28-41-60)68(117-74(105)79(110-6,84(95,96)97)61-42-29-20-30-43-61)51-52-69(118-75(106)80(111-7,85(98,99)100)62-44-31-21-32-45-62)67-50-49-65(113-67)55-64(115-72(103)77(108-4,82(89,90)91)59-38-25-18-26-39-59)47-34-22-33-46-63(54-57-53-56(2)112-70(57)101)114-71(102)76(107-3,81(86,87)88)58-36-23-17-24-37-58/h17-21,23-32,36-45,53,56,63-69H,8-16,22,33-35,46-52,54-55H2,1-7H3/t56-,63+,64+,65-,66+,67-,68+,69-,76+,77+,78+,79+,80-/m0/s1. The van der Waals surface area contributed by atoms with Gasteiger partial charge in [-0.05, 0) is 77.2 Å². The molecule has 2 aliphatic heterocycles. The molecule has 5 aromatic carbocycles. The minimum absolute atomic E-state index is 0.0488. The Balaban J connectivity index is 1.31. The SMILES string of the molecule is CCCCCCCCCCCC[C@@H](OC(=O)[C@](OC)(c1ccccc1)C(F)(F)F)[C@@H](CC[C@H](OC(=O)[C@@](OC)(c1ccccc1)C(F)(F)F)[C@@H]1CC[C@@H](C[C@@H](CCCCC[C@H](CC2=C[C@H](C)OC2=O)OC(=O)[C@](OC)(c2ccccc2)C(F)(F)F)OC(=O)[C@](OC)(c2ccccc2)C(F)(F)F)O1)OC(=O)[C@](OC)(c1ccccc1)C(F)(F)F. The number of alkyl halides is 15. The molecule has 0 aliphatic carbocycles. The Morgan fingerprint density at radius 3 is 1.00 bits per heavy atom. The lowest BCUT2D eigenvalue weighted by atomic mass is 9.91. The maximum atomic E-state index is 16.0. The maximum Gasteiger partial charge on any atom is 0.432 e. The van der Waals surface area contributed by atoms with Crippen molar-refractivity contribution in [2.24, 2.45) is 0 Å². The van der Waals surface area contributed by atoms with Gasteiger partial charge < -0.3 is 56.8 Å². The van der Waals surface area contributed by atoms with Crippen LogP contribution in [0.3, 0.4) is 0 Å². The second-order valence-corrected chi connectivity index (χ2v) is 28.9. The van der Waals surface area contributed by atoms with Gasteiger partial charge in [-0.15, -0.1) is 0 Å². The number of hydrogen-bond acceptors (Lipinski definition) is 18. The second kappa shape index (κ2) is 42.5. The molecule has 13 atom stereocenters. The summed E-state index contributed by atoms with van der Waals surface area (Å²) in [6, 6.07) is 27.0. The number of benzene rings is 5. The Morgan fingerprint density at radius 1 is 0.373 bits per heavy atom. The maximum absolute atomic E-state index is 16.0. The first-order valence-corrected chi connectivity index (χ1v) is 38.8. The molecule has 2 aliphatic rings. The monoisotopic (exact) mass is 1690 g/mol. The molecule has 0 bridgehead atoms. The number of hydrogen-bond donors (Lipinski definition) is 0. The minimum atomic E-state index is -5.76. The van der Waals surface area contributed by atoms with E-state index in [1.165, 1.54) is 67.6 Å². The molecule has 0 amide bonds. The van der Waals surface area contributed by atoms with Crippen molar-refractivity contribution in [3.63, 3.8) is 0 Å². The van der Waals surface area contributed by atoms with E-state index >= 15 is 70.7 Å². The van der Waals surface area contributed by atoms with E-state index in [9.17, 15) is 24.0 Å². The van der Waals surface area contributed by atoms with Crippen LogP contribution in [0, 0.1) is 0 Å². The largest absolute Gasteiger partial charge is 0.460 e. The Hall–Kier alpha value is -8.63. The van der Waals surface area contributed by atoms with Crippen LogP contribution in [-0.2, 0) is 114 Å². The zero-order chi connectivity index (χ0) is 87.0. The van der Waals surface area contributed by atoms with Crippen molar-refractivity contribution < 1.29 is 151 Å². The van der Waals surface area contributed by atoms with E-state index in [2.05, 4.69) is 0 Å². The quantitative estimate of drug-likeness (QED) is 0.0153. The summed E-state index contributed by atoms with van der Waals surface area (Å²) in [6.45, 7) is 3.53. The molecule has 18 nitrogen and oxygen atoms in total. The van der Waals surface area contributed by atoms with Crippen molar-refractivity contribution >= 4 is 35.8 Å². The molecular formula is C85H99F15O18. The number of halogens is 15. The first-order valence-electron chi connectivity index (χ1n) is 38.8. The Labute approximate surface area is 674 Å². The molecule has 0 N–H and O–H groups in total. The lowest BCUT2D eigenvalue weighted by molar-refractivity contribution is -0.286. The Kier molecular flexibility index (Phi) is 34.8. The fourth-order valence-corrected chi connectivity index (χ4v) is 15.0. The third kappa shape index (κ3) is 22.3. The fourth-order valence-electron chi connectivity index (χ4n) is 15.0. The molecule has 0 spiro atoms. The zero-order valence-electron chi connectivity index (χ0n) is 66.2. The van der Waals surface area contributed by atoms with Gasteiger partial charge in [-0.2, -0.15) is 65.9 Å². The third-order valence-electron chi connectivity index (χ3n) is 21.3. The molecule has 7 rings (SSSR count). The van der Waals surface area contributed by atoms with E-state index in [-0.39, 0.29) is 50.5 Å². The van der Waals surface area contributed by atoms with Gasteiger partial charge >= 0.3 is 66.7 Å². The number of methoxy groups -OCH3 is 5. The number of carbonyl (C=O) groups excluding carboxylic acids is 6. The van der Waals surface area contributed by atoms with Crippen LogP contribution in [0.4, 0.5) is 65.9 Å². The molecule has 1 fully saturated rings. The molecule has 0 aromatic heterocycles. The molecule has 5 aromatic rings. The molecule has 33 heteroatoms. The van der Waals surface area contributed by atoms with Gasteiger partial charge in [-0.3, -0.25) is 0 Å². The van der Waals surface area contributed by atoms with Gasteiger partial charge in [0, 0.05) is 81.8 Å². The normalized spacial score (nSPS) is 19.4. The molecular weight excluding hydrogens is 1590 g/mol. The fraction of sp³-hybridized carbons (Fsp3) is 0.553. The van der Waals surface area contributed by atoms with E-state index in [1.54, 1.807) is 0 Å². The molecule has 0 saturated carbocycles. The Morgan fingerprint density at radius 2 is 0.669 bits per heavy atom. The highest BCUT2D eigenvalue weighted by Crippen LogP contribution is 2.50. The summed E-state index contributed by atoms with van der Waals surface area (Å²) in [4.78, 5) is 86.4. The van der Waals surface area contributed by atoms with Crippen LogP contribution >= 0.6 is 0 Å². The van der Waals surface area contributed by atoms with Crippen molar-refractivity contribution in [3.8, 4) is 0 Å². The van der Waals surface area contributed by atoms with Crippen molar-refractivity contribution in [1.82, 2.24) is 0 Å². The third-order valence-corrected chi connectivity index (χ3v) is 21.3. The number of rotatable bonds is 46. The second-order valence-electron chi connectivity index (χ2n) is 28.9. The number of carbonyl (C=O) groups is 6. The topological polar surface area (TPSA) is 213 Å². The molecule has 0 radical (unpaired) electrons. The summed E-state index contributed by atoms with van der Waals surface area (Å²) in [5, 5.41) is 0. The summed E-state index contributed by atoms with van der Waals surface area (Å²) in [5.41, 5.74) is -23.8. The predicted molar refractivity (Wildman–Crippen MR) is 395 cm³/mol. The summed E-state index contributed by atoms with van der Waals surface area (Å²) in [6.07, 6.45) is -39.7. The average Bonchev–Trinajstić information content (AvgIpc) is 0.910. The molecule has 652 valence electrons. The predicted octanol–water partition coefficient (Wildman–Crippen LogP) is 19.3. The van der Waals surface area contributed by atoms with Crippen molar-refractivity contribution in [2.75, 3.05) is 35.5 Å². The van der Waals surface area contributed by atoms with Crippen LogP contribution in [-0.4, -0.2) is 151 Å². The van der Waals surface area contributed by atoms with Gasteiger partial charge in [-0.25, -0.2) is 28.8 Å². The smallest absolute Gasteiger partial charge is 0.432 e. The number of esters is 6. The Bertz CT molecular complexity index is 4000. The summed E-state index contributed by atoms with van der Waals surface area (Å²) >= 11 is 0. The van der Waals surface area contributed by atoms with Crippen LogP contribution in [0.5, 0.6) is 0 Å². The highest BCUT2D eigenvalue weighted by atomic mass is 19.4. The van der Waals surface area contributed by atoms with Crippen molar-refractivity contribution in [1.29, 1.82) is 0 Å². The van der Waals surface area contributed by atoms with E-state index < -0.39 is 216 Å². The van der Waals surface area contributed by atoms with Gasteiger partial charge in [0.05, 0.1) is 12.2 Å². The van der Waals surface area contributed by atoms with Crippen LogP contribution in [0.2, 0.25) is 0 Å². The first kappa shape index (κ1) is 96.5. The highest BCUT2D eigenvalue weighted by Gasteiger charge is 2.69. The van der Waals surface area contributed by atoms with Crippen LogP contribution in [0.15, 0.2) is 163 Å². The number of ether oxygens (including phenoxy) is 12. The lowest BCUT2D eigenvalue weighted by Crippen LogP contribution is -2.55. The summed E-state index contributed by atoms with van der Waals surface area (Å²) in [7, 11) is 2.75. The van der Waals surface area contributed by atoms with E-state index in [1.807, 2.05) is 6.92 Å². The molecule has 1 saturated heterocycles. The van der Waals surface area contributed by atoms with Crippen LogP contribution in [0.1, 0.15) is 183 Å². The van der Waals surface area contributed by atoms with E-state index in [0.717, 1.165) is 136 Å². The van der Waals surface area contributed by atoms with E-state index in [4.69, 9.17) is 56.8 Å². The van der Waals surface area contributed by atoms with Crippen molar-refractivity contribution in [3.05, 3.63) is 191 Å². The van der Waals surface area contributed by atoms with Crippen LogP contribution in [0.25, 0.3) is 0 Å². The van der Waals surface area contributed by atoms with Gasteiger partial charge in [0.2, 0.25) is 0 Å². The first-order chi connectivity index (χ1) is 55.8. The van der Waals surface area contributed by atoms with Gasteiger partial charge in [-0.1, -0.05) is 223 Å². The zero-order valence-corrected chi connectivity index (χ0v) is 66.2. The van der Waals surface area contributed by atoms with E-state index in [0.29, 0.717) is 48.4 Å². The number of cyclic esters (lactones) is 1. The summed E-state index contributed by atoms with van der Waals surface area (Å²) in [5.74, 6) is -11.6. The lowest BCUT2D eigenvalue weighted by Gasteiger charge is -2.38. The minimum Gasteiger partial charge on any atom is -0.460 e. The van der Waals surface area contributed by atoms with Gasteiger partial charge in [0.25, 0.3) is 28.0 Å². The van der Waals surface area contributed by atoms with Crippen LogP contribution < -0.4 is 0 Å². The van der Waals surface area contributed by atoms with Gasteiger partial charge in [0.15, 0.2) is 0 Å². The molecule has 2 heterocycles. The number of unbranched alkanes of at least 4 members (excludes halogenated alkanes) is 11. The van der Waals surface area contributed by atoms with Gasteiger partial charge in [0.1, 0.15) is 36.6 Å².